The van der Waals surface area contributed by atoms with Crippen LogP contribution in [0.1, 0.15) is 48.9 Å². The maximum atomic E-state index is 4.91. The number of benzene rings is 6. The molecule has 6 aromatic carbocycles. The summed E-state index contributed by atoms with van der Waals surface area (Å²) in [7, 11) is 0. The highest BCUT2D eigenvalue weighted by Gasteiger charge is 2.43. The van der Waals surface area contributed by atoms with Crippen molar-refractivity contribution in [2.45, 2.75) is 43.8 Å². The first-order valence-corrected chi connectivity index (χ1v) is 20.2. The van der Waals surface area contributed by atoms with Gasteiger partial charge in [0.2, 0.25) is 0 Å². The number of hydrogen-bond donors (Lipinski definition) is 0. The highest BCUT2D eigenvalue weighted by molar-refractivity contribution is 8.04. The normalized spacial score (nSPS) is 21.3. The lowest BCUT2D eigenvalue weighted by atomic mass is 9.78. The van der Waals surface area contributed by atoms with Crippen molar-refractivity contribution >= 4 is 56.3 Å². The molecule has 0 spiro atoms. The predicted octanol–water partition coefficient (Wildman–Crippen LogP) is 14.1. The zero-order chi connectivity index (χ0) is 36.4. The molecule has 0 saturated carbocycles. The van der Waals surface area contributed by atoms with Crippen molar-refractivity contribution in [3.63, 3.8) is 0 Å². The fourth-order valence-electron chi connectivity index (χ4n) is 9.45. The van der Waals surface area contributed by atoms with Crippen molar-refractivity contribution in [1.82, 2.24) is 0 Å². The summed E-state index contributed by atoms with van der Waals surface area (Å²) >= 11 is 1.95. The third-order valence-corrected chi connectivity index (χ3v) is 13.5. The summed E-state index contributed by atoms with van der Waals surface area (Å²) in [5, 5.41) is 5.57. The zero-order valence-corrected chi connectivity index (χ0v) is 31.7. The molecule has 3 aliphatic carbocycles. The molecule has 54 heavy (non-hydrogen) atoms. The van der Waals surface area contributed by atoms with Crippen LogP contribution in [0.4, 0.5) is 11.4 Å². The largest absolute Gasteiger partial charge is 0.309 e. The van der Waals surface area contributed by atoms with Gasteiger partial charge >= 0.3 is 0 Å². The summed E-state index contributed by atoms with van der Waals surface area (Å²) < 4.78 is 0. The summed E-state index contributed by atoms with van der Waals surface area (Å²) in [5.41, 5.74) is 14.3. The van der Waals surface area contributed by atoms with E-state index in [1.165, 1.54) is 66.1 Å². The van der Waals surface area contributed by atoms with Gasteiger partial charge in [0.05, 0.1) is 5.70 Å². The van der Waals surface area contributed by atoms with Crippen LogP contribution in [-0.4, -0.2) is 5.25 Å². The number of rotatable bonds is 4. The van der Waals surface area contributed by atoms with E-state index in [1.54, 1.807) is 0 Å². The minimum absolute atomic E-state index is 0.0301. The first kappa shape index (κ1) is 33.0. The molecular weight excluding hydrogens is 671 g/mol. The van der Waals surface area contributed by atoms with Crippen LogP contribution in [0.5, 0.6) is 0 Å². The Bertz CT molecular complexity index is 2650. The van der Waals surface area contributed by atoms with Crippen LogP contribution in [0.15, 0.2) is 181 Å². The van der Waals surface area contributed by atoms with Gasteiger partial charge in [-0.05, 0) is 122 Å². The van der Waals surface area contributed by atoms with Gasteiger partial charge in [-0.1, -0.05) is 154 Å². The molecule has 0 saturated heterocycles. The van der Waals surface area contributed by atoms with Crippen molar-refractivity contribution in [2.24, 2.45) is 5.92 Å². The molecule has 1 unspecified atom stereocenters. The van der Waals surface area contributed by atoms with Crippen molar-refractivity contribution in [3.8, 4) is 11.1 Å². The molecule has 1 heterocycles. The lowest BCUT2D eigenvalue weighted by Gasteiger charge is -2.34. The average molecular weight is 714 g/mol. The summed E-state index contributed by atoms with van der Waals surface area (Å²) in [4.78, 5) is 3.52. The standard InChI is InChI=1S/C52H43NS/c1-34-49(24-14-7-17-37-27-32-48-50(51(37)54-34)45-22-12-13-23-47(45)52(48,2)3)53(38-28-25-36(26-29-38)35-15-5-4-6-16-35)39-30-31-44-42-20-9-8-18-40(42)41-19-10-11-21-43(41)46(44)33-39/h4-9,11-16,18,20-33,37,51H,1,10,17,19H2,2-3H3/b14-7-,49-24+/t37?,51-/m1/s1. The Hall–Kier alpha value is -5.57. The van der Waals surface area contributed by atoms with E-state index in [-0.39, 0.29) is 10.7 Å². The Kier molecular flexibility index (Phi) is 8.00. The fraction of sp³-hybridized carbons (Fsp3) is 0.154. The Morgan fingerprint density at radius 1 is 0.704 bits per heavy atom. The number of aryl methyl sites for hydroxylation is 1. The second-order valence-corrected chi connectivity index (χ2v) is 16.8. The average Bonchev–Trinajstić information content (AvgIpc) is 3.49. The zero-order valence-electron chi connectivity index (χ0n) is 30.9. The number of thioether (sulfide) groups is 1. The molecule has 0 bridgehead atoms. The first-order chi connectivity index (χ1) is 26.5. The van der Waals surface area contributed by atoms with Gasteiger partial charge in [0, 0.05) is 26.9 Å². The van der Waals surface area contributed by atoms with Gasteiger partial charge in [0.1, 0.15) is 0 Å². The summed E-state index contributed by atoms with van der Waals surface area (Å²) in [6.45, 7) is 9.68. The molecule has 4 aliphatic rings. The Morgan fingerprint density at radius 2 is 1.43 bits per heavy atom. The van der Waals surface area contributed by atoms with Gasteiger partial charge in [-0.25, -0.2) is 0 Å². The summed E-state index contributed by atoms with van der Waals surface area (Å²) in [6.07, 6.45) is 19.6. The maximum absolute atomic E-state index is 4.91. The van der Waals surface area contributed by atoms with Crippen molar-refractivity contribution in [2.75, 3.05) is 4.90 Å². The molecule has 2 atom stereocenters. The minimum Gasteiger partial charge on any atom is -0.309 e. The monoisotopic (exact) mass is 713 g/mol. The highest BCUT2D eigenvalue weighted by atomic mass is 32.2. The lowest BCUT2D eigenvalue weighted by molar-refractivity contribution is 0.636. The van der Waals surface area contributed by atoms with Gasteiger partial charge in [0.15, 0.2) is 0 Å². The third-order valence-electron chi connectivity index (χ3n) is 12.1. The molecule has 10 rings (SSSR count). The number of fused-ring (bicyclic) bond motifs is 10. The van der Waals surface area contributed by atoms with Gasteiger partial charge in [-0.2, -0.15) is 0 Å². The van der Waals surface area contributed by atoms with Crippen LogP contribution in [0.2, 0.25) is 0 Å². The van der Waals surface area contributed by atoms with E-state index in [9.17, 15) is 0 Å². The van der Waals surface area contributed by atoms with E-state index < -0.39 is 0 Å². The van der Waals surface area contributed by atoms with Crippen LogP contribution in [0.25, 0.3) is 44.3 Å². The fourth-order valence-corrected chi connectivity index (χ4v) is 10.8. The van der Waals surface area contributed by atoms with E-state index in [2.05, 4.69) is 183 Å². The molecule has 2 heteroatoms. The molecule has 0 fully saturated rings. The van der Waals surface area contributed by atoms with Crippen molar-refractivity contribution in [1.29, 1.82) is 0 Å². The smallest absolute Gasteiger partial charge is 0.0591 e. The SMILES string of the molecule is C=C1S[C@H]2C3=C(C=CC2C/C=C\C=C/1N(c1ccc(-c2ccccc2)cc1)c1ccc2c(c1)c1c(c4ccccc42)CCC=C1)C(C)(C)c1ccccc13. The van der Waals surface area contributed by atoms with Gasteiger partial charge in [-0.3, -0.25) is 0 Å². The molecule has 262 valence electrons. The molecule has 0 radical (unpaired) electrons. The molecule has 1 nitrogen and oxygen atoms in total. The van der Waals surface area contributed by atoms with Gasteiger partial charge < -0.3 is 4.90 Å². The van der Waals surface area contributed by atoms with E-state index in [0.29, 0.717) is 5.92 Å². The van der Waals surface area contributed by atoms with Crippen LogP contribution < -0.4 is 4.90 Å². The topological polar surface area (TPSA) is 3.24 Å². The van der Waals surface area contributed by atoms with E-state index in [0.717, 1.165) is 41.2 Å². The van der Waals surface area contributed by atoms with E-state index in [1.807, 2.05) is 11.8 Å². The Balaban J connectivity index is 1.13. The number of anilines is 2. The summed E-state index contributed by atoms with van der Waals surface area (Å²) in [6, 6.07) is 44.8. The van der Waals surface area contributed by atoms with Crippen LogP contribution in [0, 0.1) is 5.92 Å². The molecular formula is C52H43NS. The maximum Gasteiger partial charge on any atom is 0.0591 e. The molecule has 1 aliphatic heterocycles. The highest BCUT2D eigenvalue weighted by Crippen LogP contribution is 2.56. The van der Waals surface area contributed by atoms with Crippen molar-refractivity contribution < 1.29 is 0 Å². The minimum atomic E-state index is -0.0301. The van der Waals surface area contributed by atoms with Crippen LogP contribution in [-0.2, 0) is 11.8 Å². The van der Waals surface area contributed by atoms with Crippen LogP contribution >= 0.6 is 11.8 Å². The van der Waals surface area contributed by atoms with Crippen LogP contribution in [0.3, 0.4) is 0 Å². The lowest BCUT2D eigenvalue weighted by Crippen LogP contribution is -2.24. The molecule has 6 aromatic rings. The second kappa shape index (κ2) is 13.1. The summed E-state index contributed by atoms with van der Waals surface area (Å²) in [5.74, 6) is 0.377. The number of nitrogens with zero attached hydrogens (tertiary/aromatic N) is 1. The van der Waals surface area contributed by atoms with Gasteiger partial charge in [0.25, 0.3) is 0 Å². The Labute approximate surface area is 323 Å². The number of hydrogen-bond acceptors (Lipinski definition) is 2. The second-order valence-electron chi connectivity index (χ2n) is 15.6. The van der Waals surface area contributed by atoms with Gasteiger partial charge in [-0.15, -0.1) is 11.8 Å². The third kappa shape index (κ3) is 5.30. The molecule has 0 amide bonds. The van der Waals surface area contributed by atoms with E-state index in [4.69, 9.17) is 6.58 Å². The first-order valence-electron chi connectivity index (χ1n) is 19.3. The van der Waals surface area contributed by atoms with E-state index >= 15 is 0 Å². The molecule has 0 aromatic heterocycles. The quantitative estimate of drug-likeness (QED) is 0.167. The molecule has 0 N–H and O–H groups in total. The Morgan fingerprint density at radius 3 is 2.28 bits per heavy atom. The van der Waals surface area contributed by atoms with Crippen molar-refractivity contribution in [3.05, 3.63) is 203 Å². The number of allylic oxidation sites excluding steroid dienone is 7. The predicted molar refractivity (Wildman–Crippen MR) is 234 cm³/mol.